The second kappa shape index (κ2) is 7.07. The van der Waals surface area contributed by atoms with Gasteiger partial charge >= 0.3 is 5.97 Å². The Kier molecular flexibility index (Phi) is 5.39. The number of rotatable bonds is 5. The molecule has 0 fully saturated rings. The predicted molar refractivity (Wildman–Crippen MR) is 83.7 cm³/mol. The molecule has 2 rings (SSSR count). The molecule has 1 atom stereocenters. The Hall–Kier alpha value is -1.36. The Labute approximate surface area is 130 Å². The van der Waals surface area contributed by atoms with E-state index in [1.54, 1.807) is 4.90 Å². The van der Waals surface area contributed by atoms with Crippen LogP contribution in [0, 0.1) is 5.92 Å². The van der Waals surface area contributed by atoms with Crippen molar-refractivity contribution in [3.63, 3.8) is 0 Å². The van der Waals surface area contributed by atoms with E-state index in [9.17, 15) is 9.59 Å². The number of likely N-dealkylation sites (N-methyl/N-ethyl adjacent to an activating group) is 1. The van der Waals surface area contributed by atoms with Gasteiger partial charge in [0.25, 0.3) is 5.91 Å². The van der Waals surface area contributed by atoms with Gasteiger partial charge in [-0.3, -0.25) is 4.79 Å². The van der Waals surface area contributed by atoms with E-state index >= 15 is 0 Å². The van der Waals surface area contributed by atoms with Crippen molar-refractivity contribution in [3.05, 3.63) is 21.4 Å². The summed E-state index contributed by atoms with van der Waals surface area (Å²) in [6.45, 7) is 7.17. The molecule has 0 saturated heterocycles. The van der Waals surface area contributed by atoms with Crippen LogP contribution in [0.1, 0.15) is 47.3 Å². The minimum Gasteiger partial charge on any atom is -0.451 e. The van der Waals surface area contributed by atoms with E-state index in [0.717, 1.165) is 12.8 Å². The van der Waals surface area contributed by atoms with Gasteiger partial charge in [0.1, 0.15) is 4.88 Å². The fourth-order valence-electron chi connectivity index (χ4n) is 2.67. The van der Waals surface area contributed by atoms with Crippen molar-refractivity contribution in [3.8, 4) is 0 Å². The first kappa shape index (κ1) is 16.0. The lowest BCUT2D eigenvalue weighted by Crippen LogP contribution is -2.34. The highest BCUT2D eigenvalue weighted by Crippen LogP contribution is 2.32. The molecule has 1 aromatic rings. The zero-order valence-corrected chi connectivity index (χ0v) is 13.8. The quantitative estimate of drug-likeness (QED) is 0.786. The van der Waals surface area contributed by atoms with Gasteiger partial charge in [0, 0.05) is 18.0 Å². The van der Waals surface area contributed by atoms with E-state index in [0.29, 0.717) is 23.9 Å². The predicted octanol–water partition coefficient (Wildman–Crippen LogP) is 2.90. The van der Waals surface area contributed by atoms with Crippen LogP contribution in [0.2, 0.25) is 0 Å². The molecule has 0 N–H and O–H groups in total. The third kappa shape index (κ3) is 3.84. The number of nitrogens with zero attached hydrogens (tertiary/aromatic N) is 1. The Balaban J connectivity index is 1.94. The summed E-state index contributed by atoms with van der Waals surface area (Å²) in [7, 11) is 0. The van der Waals surface area contributed by atoms with Crippen molar-refractivity contribution >= 4 is 23.2 Å². The highest BCUT2D eigenvalue weighted by atomic mass is 32.1. The van der Waals surface area contributed by atoms with Gasteiger partial charge in [-0.1, -0.05) is 6.92 Å². The van der Waals surface area contributed by atoms with Gasteiger partial charge in [-0.15, -0.1) is 11.3 Å². The normalized spacial score (nSPS) is 17.2. The third-order valence-corrected chi connectivity index (χ3v) is 5.19. The van der Waals surface area contributed by atoms with Gasteiger partial charge < -0.3 is 9.64 Å². The zero-order valence-electron chi connectivity index (χ0n) is 13.0. The van der Waals surface area contributed by atoms with E-state index in [-0.39, 0.29) is 18.5 Å². The number of carbonyl (C=O) groups excluding carboxylic acids is 2. The molecule has 0 aliphatic heterocycles. The summed E-state index contributed by atoms with van der Waals surface area (Å²) in [6.07, 6.45) is 3.27. The molecule has 1 amide bonds. The van der Waals surface area contributed by atoms with Crippen LogP contribution >= 0.6 is 11.3 Å². The van der Waals surface area contributed by atoms with Crippen LogP contribution in [0.3, 0.4) is 0 Å². The van der Waals surface area contributed by atoms with Gasteiger partial charge in [0.2, 0.25) is 0 Å². The zero-order chi connectivity index (χ0) is 15.4. The summed E-state index contributed by atoms with van der Waals surface area (Å²) < 4.78 is 5.16. The molecule has 1 unspecified atom stereocenters. The van der Waals surface area contributed by atoms with Crippen LogP contribution in [0.4, 0.5) is 0 Å². The number of hydrogen-bond acceptors (Lipinski definition) is 4. The molecule has 4 nitrogen and oxygen atoms in total. The minimum absolute atomic E-state index is 0.136. The van der Waals surface area contributed by atoms with E-state index in [1.807, 2.05) is 19.9 Å². The van der Waals surface area contributed by atoms with Crippen LogP contribution in [-0.2, 0) is 22.4 Å². The fraction of sp³-hybridized carbons (Fsp3) is 0.625. The molecule has 21 heavy (non-hydrogen) atoms. The number of fused-ring (bicyclic) bond motifs is 1. The molecule has 0 aromatic carbocycles. The first-order chi connectivity index (χ1) is 10.0. The average Bonchev–Trinajstić information content (AvgIpc) is 2.89. The highest BCUT2D eigenvalue weighted by Gasteiger charge is 2.22. The van der Waals surface area contributed by atoms with E-state index in [2.05, 4.69) is 6.92 Å². The summed E-state index contributed by atoms with van der Waals surface area (Å²) in [5, 5.41) is 0. The van der Waals surface area contributed by atoms with E-state index < -0.39 is 0 Å². The number of esters is 1. The number of carbonyl (C=O) groups is 2. The molecule has 5 heteroatoms. The second-order valence-electron chi connectivity index (χ2n) is 5.55. The number of hydrogen-bond donors (Lipinski definition) is 0. The van der Waals surface area contributed by atoms with Crippen molar-refractivity contribution in [2.75, 3.05) is 19.7 Å². The third-order valence-electron chi connectivity index (χ3n) is 3.97. The Morgan fingerprint density at radius 1 is 1.38 bits per heavy atom. The molecule has 0 spiro atoms. The Morgan fingerprint density at radius 3 is 2.76 bits per heavy atom. The molecule has 1 heterocycles. The van der Waals surface area contributed by atoms with Crippen molar-refractivity contribution in [1.29, 1.82) is 0 Å². The number of ether oxygens (including phenoxy) is 1. The maximum Gasteiger partial charge on any atom is 0.348 e. The topological polar surface area (TPSA) is 46.6 Å². The maximum atomic E-state index is 12.1. The number of amides is 1. The van der Waals surface area contributed by atoms with Crippen molar-refractivity contribution in [2.24, 2.45) is 5.92 Å². The fourth-order valence-corrected chi connectivity index (χ4v) is 3.77. The van der Waals surface area contributed by atoms with Crippen molar-refractivity contribution < 1.29 is 14.3 Å². The van der Waals surface area contributed by atoms with Crippen LogP contribution in [0.5, 0.6) is 0 Å². The van der Waals surface area contributed by atoms with Crippen molar-refractivity contribution in [2.45, 2.75) is 40.0 Å². The minimum atomic E-state index is -0.373. The molecule has 1 aromatic heterocycles. The van der Waals surface area contributed by atoms with Gasteiger partial charge in [0.05, 0.1) is 0 Å². The van der Waals surface area contributed by atoms with Gasteiger partial charge in [0.15, 0.2) is 6.61 Å². The smallest absolute Gasteiger partial charge is 0.348 e. The average molecular weight is 309 g/mol. The Bertz CT molecular complexity index is 520. The van der Waals surface area contributed by atoms with Gasteiger partial charge in [-0.05, 0) is 50.7 Å². The molecule has 0 radical (unpaired) electrons. The molecule has 0 bridgehead atoms. The lowest BCUT2D eigenvalue weighted by atomic mass is 9.90. The standard InChI is InChI=1S/C16H23NO3S/c1-4-17(5-2)15(18)10-20-16(19)14-9-12-8-11(3)6-7-13(12)21-14/h9,11H,4-8,10H2,1-3H3. The summed E-state index contributed by atoms with van der Waals surface area (Å²) in [4.78, 5) is 27.5. The van der Waals surface area contributed by atoms with Crippen LogP contribution < -0.4 is 0 Å². The molecule has 1 aliphatic rings. The monoisotopic (exact) mass is 309 g/mol. The summed E-state index contributed by atoms with van der Waals surface area (Å²) >= 11 is 1.52. The van der Waals surface area contributed by atoms with Crippen molar-refractivity contribution in [1.82, 2.24) is 4.90 Å². The first-order valence-electron chi connectivity index (χ1n) is 7.61. The van der Waals surface area contributed by atoms with Gasteiger partial charge in [-0.25, -0.2) is 4.79 Å². The van der Waals surface area contributed by atoms with Gasteiger partial charge in [-0.2, -0.15) is 0 Å². The summed E-state index contributed by atoms with van der Waals surface area (Å²) in [5.74, 6) is 0.172. The largest absolute Gasteiger partial charge is 0.451 e. The number of aryl methyl sites for hydroxylation is 1. The Morgan fingerprint density at radius 2 is 2.10 bits per heavy atom. The maximum absolute atomic E-state index is 12.1. The molecule has 116 valence electrons. The SMILES string of the molecule is CCN(CC)C(=O)COC(=O)c1cc2c(s1)CCC(C)C2. The van der Waals surface area contributed by atoms with E-state index in [4.69, 9.17) is 4.74 Å². The molecule has 1 aliphatic carbocycles. The molecular formula is C16H23NO3S. The van der Waals surface area contributed by atoms with Crippen LogP contribution in [0.25, 0.3) is 0 Å². The van der Waals surface area contributed by atoms with Crippen LogP contribution in [-0.4, -0.2) is 36.5 Å². The van der Waals surface area contributed by atoms with E-state index in [1.165, 1.54) is 28.2 Å². The summed E-state index contributed by atoms with van der Waals surface area (Å²) in [5.41, 5.74) is 1.28. The molecule has 0 saturated carbocycles. The lowest BCUT2D eigenvalue weighted by molar-refractivity contribution is -0.134. The second-order valence-corrected chi connectivity index (χ2v) is 6.69. The number of thiophene rings is 1. The molecular weight excluding hydrogens is 286 g/mol. The van der Waals surface area contributed by atoms with Crippen LogP contribution in [0.15, 0.2) is 6.07 Å². The highest BCUT2D eigenvalue weighted by molar-refractivity contribution is 7.14. The first-order valence-corrected chi connectivity index (χ1v) is 8.43. The summed E-state index contributed by atoms with van der Waals surface area (Å²) in [6, 6.07) is 1.94. The lowest BCUT2D eigenvalue weighted by Gasteiger charge is -2.17.